The van der Waals surface area contributed by atoms with Gasteiger partial charge < -0.3 is 35.8 Å². The van der Waals surface area contributed by atoms with E-state index in [4.69, 9.17) is 43.3 Å². The molecule has 15 aromatic carbocycles. The number of H-pyrrole nitrogens is 1. The maximum Gasteiger partial charge on any atom is 0.575 e. The number of pyridine rings is 3. The van der Waals surface area contributed by atoms with Crippen molar-refractivity contribution in [2.24, 2.45) is 11.5 Å². The van der Waals surface area contributed by atoms with Crippen molar-refractivity contribution >= 4 is 316 Å². The second-order valence-corrected chi connectivity index (χ2v) is 40.2. The van der Waals surface area contributed by atoms with E-state index < -0.39 is 50.9 Å². The molecule has 24 rings (SSSR count). The molecule has 1 aliphatic heterocycles. The number of halogens is 5. The van der Waals surface area contributed by atoms with Crippen LogP contribution in [0.1, 0.15) is 49.8 Å². The molecule has 0 spiro atoms. The Hall–Kier alpha value is -11.5. The first-order valence-corrected chi connectivity index (χ1v) is 48.6. The van der Waals surface area contributed by atoms with Crippen molar-refractivity contribution in [3.05, 3.63) is 347 Å². The normalized spacial score (nSPS) is 12.7. The fourth-order valence-electron chi connectivity index (χ4n) is 16.5. The maximum atomic E-state index is 12.3. The fourth-order valence-corrected chi connectivity index (χ4v) is 22.9. The third-order valence-corrected chi connectivity index (χ3v) is 29.5. The molecule has 630 valence electrons. The molecule has 0 atom stereocenters. The average molecular weight is 1920 g/mol. The van der Waals surface area contributed by atoms with E-state index >= 15 is 0 Å². The van der Waals surface area contributed by atoms with E-state index in [0.29, 0.717) is 21.7 Å². The number of hydrogen-bond donors (Lipinski definition) is 5. The summed E-state index contributed by atoms with van der Waals surface area (Å²) in [6.45, 7) is 6.40. The van der Waals surface area contributed by atoms with Gasteiger partial charge in [0.25, 0.3) is 5.56 Å². The summed E-state index contributed by atoms with van der Waals surface area (Å²) in [5.41, 5.74) is 17.1. The van der Waals surface area contributed by atoms with E-state index in [1.807, 2.05) is 138 Å². The van der Waals surface area contributed by atoms with E-state index in [2.05, 4.69) is 246 Å². The number of primary amides is 2. The number of nitrogens with zero attached hydrogens (tertiary/aromatic N) is 2. The van der Waals surface area contributed by atoms with Gasteiger partial charge >= 0.3 is 20.7 Å². The number of nitrogens with two attached hydrogens (primary N) is 2. The van der Waals surface area contributed by atoms with Gasteiger partial charge in [0.1, 0.15) is 5.15 Å². The molecule has 0 saturated carbocycles. The lowest BCUT2D eigenvalue weighted by molar-refractivity contribution is 0.00578. The molecule has 13 nitrogen and oxygen atoms in total. The number of aromatic nitrogens is 3. The minimum atomic E-state index is -1.93. The van der Waals surface area contributed by atoms with Gasteiger partial charge in [-0.05, 0) is 189 Å². The number of carbonyl (C=O) groups is 2. The largest absolute Gasteiger partial charge is 0.575 e. The fraction of sp³-hybridized carbons (Fsp3) is 0.0686. The highest BCUT2D eigenvalue weighted by Gasteiger charge is 2.53. The molecule has 0 unspecified atom stereocenters. The van der Waals surface area contributed by atoms with Crippen molar-refractivity contribution in [2.45, 2.75) is 38.9 Å². The van der Waals surface area contributed by atoms with Crippen molar-refractivity contribution in [1.82, 2.24) is 15.0 Å². The first-order chi connectivity index (χ1) is 62.4. The van der Waals surface area contributed by atoms with Gasteiger partial charge in [-0.1, -0.05) is 224 Å². The Balaban J connectivity index is 0.000000109. The van der Waals surface area contributed by atoms with Gasteiger partial charge in [0.2, 0.25) is 34.3 Å². The van der Waals surface area contributed by atoms with Gasteiger partial charge in [-0.15, -0.1) is 56.7 Å². The molecule has 1 saturated heterocycles. The van der Waals surface area contributed by atoms with Crippen molar-refractivity contribution in [2.75, 3.05) is 7.15 Å². The van der Waals surface area contributed by atoms with Crippen LogP contribution in [0.15, 0.2) is 325 Å². The summed E-state index contributed by atoms with van der Waals surface area (Å²) in [5, 5.41) is 41.2. The summed E-state index contributed by atoms with van der Waals surface area (Å²) in [6.07, 6.45) is 0. The van der Waals surface area contributed by atoms with Crippen LogP contribution in [0.3, 0.4) is 0 Å². The molecule has 1 aliphatic rings. The van der Waals surface area contributed by atoms with Gasteiger partial charge in [-0.25, -0.2) is 4.98 Å². The van der Waals surface area contributed by atoms with Crippen LogP contribution in [0.25, 0.3) is 177 Å². The number of alkyl halides is 1. The molecule has 0 radical (unpaired) electrons. The lowest BCUT2D eigenvalue weighted by Gasteiger charge is -2.32. The molecule has 0 bridgehead atoms. The summed E-state index contributed by atoms with van der Waals surface area (Å²) >= 11 is 27.6. The van der Waals surface area contributed by atoms with Gasteiger partial charge in [-0.3, -0.25) is 23.8 Å². The number of benzene rings is 15. The van der Waals surface area contributed by atoms with Crippen LogP contribution in [-0.4, -0.2) is 69.4 Å². The Labute approximate surface area is 778 Å². The summed E-state index contributed by atoms with van der Waals surface area (Å²) in [6, 6.07) is 106. The van der Waals surface area contributed by atoms with Crippen LogP contribution in [0, 0.1) is 0 Å². The van der Waals surface area contributed by atoms with Crippen LogP contribution in [0.2, 0.25) is 5.15 Å². The predicted octanol–water partition coefficient (Wildman–Crippen LogP) is 28.3. The van der Waals surface area contributed by atoms with Crippen molar-refractivity contribution in [3.8, 4) is 11.1 Å². The third-order valence-electron chi connectivity index (χ3n) is 22.8. The number of aromatic amines is 1. The van der Waals surface area contributed by atoms with E-state index in [1.165, 1.54) is 107 Å². The van der Waals surface area contributed by atoms with Crippen LogP contribution >= 0.6 is 113 Å². The minimum absolute atomic E-state index is 0.0259. The summed E-state index contributed by atoms with van der Waals surface area (Å²) < 4.78 is 50.6. The van der Waals surface area contributed by atoms with E-state index in [0.717, 1.165) is 80.1 Å². The van der Waals surface area contributed by atoms with Crippen molar-refractivity contribution in [3.63, 3.8) is 0 Å². The summed E-state index contributed by atoms with van der Waals surface area (Å²) in [7, 11) is -2.90. The number of nitrogens with one attached hydrogen (secondary N) is 1. The minimum Gasteiger partial charge on any atom is -0.423 e. The van der Waals surface area contributed by atoms with E-state index in [-0.39, 0.29) is 5.56 Å². The zero-order chi connectivity index (χ0) is 90.1. The first kappa shape index (κ1) is 87.2. The SMILES string of the molecule is CC1(C)OB(c2nc3ccc4sc5ccccc5c4c3c3ccccc23)OC1(C)C.Clc1nc2ccc3sc4ccccc4c3c2c2ccccc12.NC(=O)c1ccccc1-c1cccc2sc3ccccc3c12.NC(=O)c1ccccc1Br.O=[P+](Cl)Cl.O=c1[nH]c2ccc3sc4ccccc4c3c2c2ccccc12.OB(O)c1cccc2sc3ccccc3c12.[2H]CF. The standard InChI is InChI=1S/C25H22BNO2S.C19H10ClNS.C19H11NOS.C19H13NOS.C12H9BO2S.C7H6BrNO.CH3F.Cl2OP/c1-24(2)25(3,4)29-26(28-24)23-16-10-6-5-9-15(16)21-18(27-23)13-14-20-22(21)17-11-7-8-12-19(17)30-20;20-19-12-6-2-1-5-11(12)17-14(21-19)9-10-16-18(17)13-7-3-4-8-15(13)22-16;21-19-12-6-2-1-5-11(12)17-14(20-19)9-10-16-18(17)13-7-3-4-8-15(13)22-16;20-19(21)14-7-2-1-6-12(14)13-9-5-11-17-18(13)15-8-3-4-10-16(15)22-17;14-13(15)9-5-3-7-11-12(9)8-4-1-2-6-10(8)16-11;8-6-4-2-1-3-5(6)7(9)10;1-2;1-4(2)3/h5-14H,1-4H3;1-10H;1-10H,(H,20,21);1-11H,(H2,20,21);1-7,14-15H;1-4H,(H2,9,10);1H3;/q;;;;;;;+1/i;;;;;;1D;. The number of fused-ring (bicyclic) bond motifs is 27. The Morgan fingerprint density at radius 1 is 0.422 bits per heavy atom. The third kappa shape index (κ3) is 17.2. The van der Waals surface area contributed by atoms with Crippen LogP contribution in [0.5, 0.6) is 0 Å². The van der Waals surface area contributed by atoms with Crippen LogP contribution in [-0.2, 0) is 13.9 Å². The Morgan fingerprint density at radius 2 is 0.758 bits per heavy atom. The lowest BCUT2D eigenvalue weighted by atomic mass is 9.77. The molecule has 8 aromatic heterocycles. The lowest BCUT2D eigenvalue weighted by Crippen LogP contribution is -2.41. The smallest absolute Gasteiger partial charge is 0.423 e. The molecule has 9 heterocycles. The molecule has 23 aromatic rings. The summed E-state index contributed by atoms with van der Waals surface area (Å²) in [4.78, 5) is 47.4. The second-order valence-electron chi connectivity index (χ2n) is 30.8. The summed E-state index contributed by atoms with van der Waals surface area (Å²) in [5.74, 6) is -0.806. The number of carbonyl (C=O) groups excluding carboxylic acids is 2. The number of thiophene rings is 5. The molecule has 26 heteroatoms. The Morgan fingerprint density at radius 3 is 1.23 bits per heavy atom. The first-order valence-electron chi connectivity index (χ1n) is 41.0. The molecular weight excluding hydrogens is 1840 g/mol. The van der Waals surface area contributed by atoms with Crippen molar-refractivity contribution < 1.29 is 39.3 Å². The molecular formula is C102H74B2BrCl3FN5O8PS5+. The topological polar surface area (TPSA) is 221 Å². The van der Waals surface area contributed by atoms with Crippen LogP contribution < -0.4 is 28.1 Å². The van der Waals surface area contributed by atoms with E-state index in [1.54, 1.807) is 64.3 Å². The highest BCUT2D eigenvalue weighted by atomic mass is 79.9. The maximum absolute atomic E-state index is 12.3. The van der Waals surface area contributed by atoms with Gasteiger partial charge in [0, 0.05) is 143 Å². The van der Waals surface area contributed by atoms with Gasteiger partial charge in [-0.2, -0.15) is 0 Å². The van der Waals surface area contributed by atoms with Crippen LogP contribution in [0.4, 0.5) is 4.39 Å². The quantitative estimate of drug-likeness (QED) is 0.0475. The number of amides is 2. The monoisotopic (exact) mass is 1910 g/mol. The molecule has 128 heavy (non-hydrogen) atoms. The zero-order valence-corrected chi connectivity index (χ0v) is 77.5. The Kier molecular flexibility index (Phi) is 25.7. The molecule has 1 fully saturated rings. The highest BCUT2D eigenvalue weighted by Crippen LogP contribution is 2.47. The molecule has 0 aliphatic carbocycles. The molecule has 7 N–H and O–H groups in total. The van der Waals surface area contributed by atoms with Gasteiger partial charge in [0.05, 0.1) is 41.9 Å². The second kappa shape index (κ2) is 37.7. The predicted molar refractivity (Wildman–Crippen MR) is 551 cm³/mol. The highest BCUT2D eigenvalue weighted by molar-refractivity contribution is 9.10. The number of hydrogen-bond acceptors (Lipinski definition) is 15. The zero-order valence-electron chi connectivity index (χ0n) is 69.7. The van der Waals surface area contributed by atoms with E-state index in [9.17, 15) is 28.8 Å². The molecule has 2 amide bonds. The number of rotatable bonds is 5. The van der Waals surface area contributed by atoms with Crippen molar-refractivity contribution in [1.29, 1.82) is 0 Å². The van der Waals surface area contributed by atoms with Gasteiger partial charge in [0.15, 0.2) is 0 Å². The Bertz CT molecular complexity index is 8390. The average Bonchev–Trinajstić information content (AvgIpc) is 1.60.